The highest BCUT2D eigenvalue weighted by Crippen LogP contribution is 2.26. The van der Waals surface area contributed by atoms with Crippen molar-refractivity contribution in [1.29, 1.82) is 5.26 Å². The topological polar surface area (TPSA) is 80.1 Å². The maximum Gasteiger partial charge on any atom is 0.144 e. The van der Waals surface area contributed by atoms with Crippen LogP contribution in [-0.2, 0) is 11.8 Å². The molecule has 1 saturated heterocycles. The summed E-state index contributed by atoms with van der Waals surface area (Å²) in [5.41, 5.74) is 6.95. The zero-order valence-corrected chi connectivity index (χ0v) is 12.3. The Kier molecular flexibility index (Phi) is 4.99. The molecule has 0 unspecified atom stereocenters. The van der Waals surface area contributed by atoms with Crippen molar-refractivity contribution in [2.24, 2.45) is 12.8 Å². The molecule has 2 heterocycles. The maximum absolute atomic E-state index is 9.27. The Bertz CT molecular complexity index is 482. The number of rotatable bonds is 5. The lowest BCUT2D eigenvalue weighted by Gasteiger charge is -2.33. The SMILES string of the molecule is Cc1nn(C)c(N2CCC(OCCCN)CC2)c1C#N. The number of aromatic nitrogens is 2. The van der Waals surface area contributed by atoms with Gasteiger partial charge in [0.25, 0.3) is 0 Å². The lowest BCUT2D eigenvalue weighted by Crippen LogP contribution is -2.38. The minimum Gasteiger partial charge on any atom is -0.378 e. The molecule has 20 heavy (non-hydrogen) atoms. The van der Waals surface area contributed by atoms with E-state index in [9.17, 15) is 5.26 Å². The van der Waals surface area contributed by atoms with Crippen molar-refractivity contribution in [3.05, 3.63) is 11.3 Å². The highest BCUT2D eigenvalue weighted by atomic mass is 16.5. The number of hydrogen-bond donors (Lipinski definition) is 1. The number of hydrogen-bond acceptors (Lipinski definition) is 5. The summed E-state index contributed by atoms with van der Waals surface area (Å²) in [6, 6.07) is 2.26. The monoisotopic (exact) mass is 277 g/mol. The predicted octanol–water partition coefficient (Wildman–Crippen LogP) is 0.934. The lowest BCUT2D eigenvalue weighted by molar-refractivity contribution is 0.0365. The first-order valence-corrected chi connectivity index (χ1v) is 7.17. The number of ether oxygens (including phenoxy) is 1. The Morgan fingerprint density at radius 3 is 2.75 bits per heavy atom. The second-order valence-corrected chi connectivity index (χ2v) is 5.22. The van der Waals surface area contributed by atoms with Gasteiger partial charge in [-0.2, -0.15) is 10.4 Å². The van der Waals surface area contributed by atoms with Crippen LogP contribution in [0, 0.1) is 18.3 Å². The van der Waals surface area contributed by atoms with Crippen molar-refractivity contribution < 1.29 is 4.74 Å². The minimum atomic E-state index is 0.317. The third-order valence-electron chi connectivity index (χ3n) is 3.75. The Balaban J connectivity index is 1.96. The van der Waals surface area contributed by atoms with Gasteiger partial charge in [0.2, 0.25) is 0 Å². The Morgan fingerprint density at radius 1 is 1.45 bits per heavy atom. The van der Waals surface area contributed by atoms with Gasteiger partial charge in [0.05, 0.1) is 11.8 Å². The van der Waals surface area contributed by atoms with E-state index < -0.39 is 0 Å². The van der Waals surface area contributed by atoms with E-state index in [2.05, 4.69) is 16.1 Å². The number of aryl methyl sites for hydroxylation is 2. The molecular weight excluding hydrogens is 254 g/mol. The molecule has 2 rings (SSSR count). The van der Waals surface area contributed by atoms with Crippen molar-refractivity contribution in [2.75, 3.05) is 31.1 Å². The van der Waals surface area contributed by atoms with Gasteiger partial charge in [0.1, 0.15) is 17.5 Å². The Labute approximate surface area is 120 Å². The molecule has 0 amide bonds. The molecule has 6 heteroatoms. The van der Waals surface area contributed by atoms with Crippen LogP contribution in [0.1, 0.15) is 30.5 Å². The van der Waals surface area contributed by atoms with E-state index in [1.54, 1.807) is 0 Å². The summed E-state index contributed by atoms with van der Waals surface area (Å²) in [6.07, 6.45) is 3.21. The van der Waals surface area contributed by atoms with Crippen molar-refractivity contribution in [2.45, 2.75) is 32.3 Å². The summed E-state index contributed by atoms with van der Waals surface area (Å²) in [5.74, 6) is 0.936. The third kappa shape index (κ3) is 3.11. The van der Waals surface area contributed by atoms with Gasteiger partial charge < -0.3 is 15.4 Å². The summed E-state index contributed by atoms with van der Waals surface area (Å²) < 4.78 is 7.61. The van der Waals surface area contributed by atoms with E-state index in [0.29, 0.717) is 18.2 Å². The van der Waals surface area contributed by atoms with Gasteiger partial charge in [-0.05, 0) is 32.7 Å². The van der Waals surface area contributed by atoms with Crippen molar-refractivity contribution in [3.8, 4) is 6.07 Å². The Morgan fingerprint density at radius 2 is 2.15 bits per heavy atom. The van der Waals surface area contributed by atoms with Crippen LogP contribution in [0.4, 0.5) is 5.82 Å². The molecule has 2 N–H and O–H groups in total. The van der Waals surface area contributed by atoms with Crippen LogP contribution in [0.3, 0.4) is 0 Å². The van der Waals surface area contributed by atoms with Gasteiger partial charge in [0.15, 0.2) is 0 Å². The van der Waals surface area contributed by atoms with Crippen LogP contribution in [0.25, 0.3) is 0 Å². The summed E-state index contributed by atoms with van der Waals surface area (Å²) >= 11 is 0. The van der Waals surface area contributed by atoms with Gasteiger partial charge >= 0.3 is 0 Å². The first kappa shape index (κ1) is 14.8. The smallest absolute Gasteiger partial charge is 0.144 e. The summed E-state index contributed by atoms with van der Waals surface area (Å²) in [6.45, 7) is 5.11. The van der Waals surface area contributed by atoms with Crippen LogP contribution >= 0.6 is 0 Å². The fourth-order valence-corrected chi connectivity index (χ4v) is 2.71. The zero-order valence-electron chi connectivity index (χ0n) is 12.3. The molecule has 1 fully saturated rings. The van der Waals surface area contributed by atoms with Crippen molar-refractivity contribution >= 4 is 5.82 Å². The molecule has 0 saturated carbocycles. The molecule has 6 nitrogen and oxygen atoms in total. The van der Waals surface area contributed by atoms with Gasteiger partial charge in [-0.25, -0.2) is 0 Å². The van der Waals surface area contributed by atoms with Crippen LogP contribution in [-0.4, -0.2) is 42.1 Å². The molecule has 1 aromatic rings. The van der Waals surface area contributed by atoms with E-state index in [1.165, 1.54) is 0 Å². The first-order chi connectivity index (χ1) is 9.67. The van der Waals surface area contributed by atoms with Crippen molar-refractivity contribution in [1.82, 2.24) is 9.78 Å². The van der Waals surface area contributed by atoms with Crippen LogP contribution in [0.5, 0.6) is 0 Å². The largest absolute Gasteiger partial charge is 0.378 e. The molecule has 0 aromatic carbocycles. The number of anilines is 1. The molecule has 0 spiro atoms. The standard InChI is InChI=1S/C14H23N5O/c1-11-13(10-16)14(18(2)17-11)19-7-4-12(5-8-19)20-9-3-6-15/h12H,3-9,15H2,1-2H3. The normalized spacial score (nSPS) is 16.4. The molecular formula is C14H23N5O. The molecule has 1 aliphatic rings. The van der Waals surface area contributed by atoms with Crippen molar-refractivity contribution in [3.63, 3.8) is 0 Å². The predicted molar refractivity (Wildman–Crippen MR) is 77.5 cm³/mol. The Hall–Kier alpha value is -1.58. The molecule has 0 bridgehead atoms. The summed E-state index contributed by atoms with van der Waals surface area (Å²) in [7, 11) is 1.90. The van der Waals surface area contributed by atoms with Crippen LogP contribution in [0.2, 0.25) is 0 Å². The fraction of sp³-hybridized carbons (Fsp3) is 0.714. The molecule has 1 aliphatic heterocycles. The highest BCUT2D eigenvalue weighted by Gasteiger charge is 2.25. The highest BCUT2D eigenvalue weighted by molar-refractivity contribution is 5.57. The number of nitriles is 1. The van der Waals surface area contributed by atoms with E-state index in [1.807, 2.05) is 18.7 Å². The fourth-order valence-electron chi connectivity index (χ4n) is 2.71. The average Bonchev–Trinajstić information content (AvgIpc) is 2.74. The quantitative estimate of drug-likeness (QED) is 0.810. The lowest BCUT2D eigenvalue weighted by atomic mass is 10.1. The average molecular weight is 277 g/mol. The maximum atomic E-state index is 9.27. The molecule has 1 aromatic heterocycles. The molecule has 0 atom stereocenters. The van der Waals surface area contributed by atoms with Gasteiger partial charge in [-0.15, -0.1) is 0 Å². The van der Waals surface area contributed by atoms with Gasteiger partial charge in [-0.1, -0.05) is 0 Å². The molecule has 110 valence electrons. The molecule has 0 radical (unpaired) electrons. The van der Waals surface area contributed by atoms with E-state index in [0.717, 1.165) is 50.5 Å². The van der Waals surface area contributed by atoms with Gasteiger partial charge in [0, 0.05) is 26.7 Å². The van der Waals surface area contributed by atoms with Gasteiger partial charge in [-0.3, -0.25) is 4.68 Å². The van der Waals surface area contributed by atoms with E-state index >= 15 is 0 Å². The third-order valence-corrected chi connectivity index (χ3v) is 3.75. The summed E-state index contributed by atoms with van der Waals surface area (Å²) in [5, 5.41) is 13.6. The number of piperidine rings is 1. The second kappa shape index (κ2) is 6.73. The number of nitrogens with two attached hydrogens (primary N) is 1. The van der Waals surface area contributed by atoms with Crippen LogP contribution < -0.4 is 10.6 Å². The summed E-state index contributed by atoms with van der Waals surface area (Å²) in [4.78, 5) is 2.24. The molecule has 0 aliphatic carbocycles. The van der Waals surface area contributed by atoms with E-state index in [-0.39, 0.29) is 0 Å². The minimum absolute atomic E-state index is 0.317. The van der Waals surface area contributed by atoms with Crippen LogP contribution in [0.15, 0.2) is 0 Å². The zero-order chi connectivity index (χ0) is 14.5. The van der Waals surface area contributed by atoms with E-state index in [4.69, 9.17) is 10.5 Å². The second-order valence-electron chi connectivity index (χ2n) is 5.22. The first-order valence-electron chi connectivity index (χ1n) is 7.17. The number of nitrogens with zero attached hydrogens (tertiary/aromatic N) is 4.